The average molecular weight is 379 g/mol. The van der Waals surface area contributed by atoms with Gasteiger partial charge in [0.2, 0.25) is 0 Å². The molecule has 2 aromatic carbocycles. The Morgan fingerprint density at radius 3 is 2.65 bits per heavy atom. The van der Waals surface area contributed by atoms with Gasteiger partial charge in [0.15, 0.2) is 0 Å². The van der Waals surface area contributed by atoms with Crippen molar-refractivity contribution in [2.24, 2.45) is 0 Å². The highest BCUT2D eigenvalue weighted by atomic mass is 79.9. The van der Waals surface area contributed by atoms with Crippen molar-refractivity contribution in [2.45, 2.75) is 13.0 Å². The van der Waals surface area contributed by atoms with Crippen LogP contribution in [0.1, 0.15) is 11.1 Å². The maximum atomic E-state index is 11.6. The summed E-state index contributed by atoms with van der Waals surface area (Å²) in [4.78, 5) is 22.2. The van der Waals surface area contributed by atoms with E-state index in [4.69, 9.17) is 4.74 Å². The Labute approximate surface area is 141 Å². The van der Waals surface area contributed by atoms with Crippen LogP contribution in [-0.4, -0.2) is 17.6 Å². The lowest BCUT2D eigenvalue weighted by atomic mass is 10.1. The molecule has 0 spiro atoms. The SMILES string of the molecule is O=C(NCCc1ccc(Br)cc1[N+](=O)[O-])OCc1ccccc1. The number of hydrogen-bond donors (Lipinski definition) is 1. The lowest BCUT2D eigenvalue weighted by molar-refractivity contribution is -0.385. The molecule has 2 aromatic rings. The van der Waals surface area contributed by atoms with Crippen molar-refractivity contribution in [3.63, 3.8) is 0 Å². The minimum Gasteiger partial charge on any atom is -0.445 e. The highest BCUT2D eigenvalue weighted by Crippen LogP contribution is 2.23. The van der Waals surface area contributed by atoms with E-state index in [0.29, 0.717) is 16.5 Å². The Bertz CT molecular complexity index is 692. The van der Waals surface area contributed by atoms with E-state index in [1.54, 1.807) is 12.1 Å². The predicted octanol–water partition coefficient (Wildman–Crippen LogP) is 3.83. The molecule has 0 fully saturated rings. The fourth-order valence-corrected chi connectivity index (χ4v) is 2.34. The van der Waals surface area contributed by atoms with Crippen LogP contribution in [-0.2, 0) is 17.8 Å². The smallest absolute Gasteiger partial charge is 0.407 e. The molecule has 1 amide bonds. The number of nitro groups is 1. The maximum Gasteiger partial charge on any atom is 0.407 e. The molecular formula is C16H15BrN2O4. The number of ether oxygens (including phenoxy) is 1. The molecule has 0 aliphatic heterocycles. The molecule has 0 bridgehead atoms. The minimum absolute atomic E-state index is 0.0267. The van der Waals surface area contributed by atoms with Gasteiger partial charge in [-0.3, -0.25) is 10.1 Å². The van der Waals surface area contributed by atoms with Gasteiger partial charge in [-0.2, -0.15) is 0 Å². The van der Waals surface area contributed by atoms with Gasteiger partial charge < -0.3 is 10.1 Å². The van der Waals surface area contributed by atoms with Crippen LogP contribution in [0.2, 0.25) is 0 Å². The topological polar surface area (TPSA) is 81.5 Å². The van der Waals surface area contributed by atoms with Crippen molar-refractivity contribution in [3.05, 3.63) is 74.2 Å². The molecule has 0 aromatic heterocycles. The van der Waals surface area contributed by atoms with Gasteiger partial charge in [-0.05, 0) is 18.1 Å². The summed E-state index contributed by atoms with van der Waals surface area (Å²) in [6.07, 6.45) is -0.196. The Balaban J connectivity index is 1.81. The monoisotopic (exact) mass is 378 g/mol. The zero-order valence-corrected chi connectivity index (χ0v) is 13.8. The summed E-state index contributed by atoms with van der Waals surface area (Å²) in [7, 11) is 0. The van der Waals surface area contributed by atoms with Crippen LogP contribution >= 0.6 is 15.9 Å². The number of rotatable bonds is 6. The Hall–Kier alpha value is -2.41. The third-order valence-corrected chi connectivity index (χ3v) is 3.61. The van der Waals surface area contributed by atoms with Crippen LogP contribution in [0.25, 0.3) is 0 Å². The van der Waals surface area contributed by atoms with Crippen molar-refractivity contribution in [1.82, 2.24) is 5.32 Å². The number of carbonyl (C=O) groups is 1. The molecule has 2 rings (SSSR count). The minimum atomic E-state index is -0.548. The number of alkyl carbamates (subject to hydrolysis) is 1. The van der Waals surface area contributed by atoms with Crippen LogP contribution in [0.5, 0.6) is 0 Å². The molecular weight excluding hydrogens is 364 g/mol. The van der Waals surface area contributed by atoms with Gasteiger partial charge in [0.05, 0.1) is 4.92 Å². The van der Waals surface area contributed by atoms with Crippen molar-refractivity contribution in [3.8, 4) is 0 Å². The molecule has 7 heteroatoms. The van der Waals surface area contributed by atoms with Crippen molar-refractivity contribution >= 4 is 27.7 Å². The van der Waals surface area contributed by atoms with Gasteiger partial charge in [0.1, 0.15) is 6.61 Å². The highest BCUT2D eigenvalue weighted by Gasteiger charge is 2.14. The zero-order chi connectivity index (χ0) is 16.7. The number of benzene rings is 2. The molecule has 0 atom stereocenters. The van der Waals surface area contributed by atoms with E-state index in [1.807, 2.05) is 30.3 Å². The van der Waals surface area contributed by atoms with Gasteiger partial charge in [-0.25, -0.2) is 4.79 Å². The van der Waals surface area contributed by atoms with E-state index >= 15 is 0 Å². The molecule has 0 unspecified atom stereocenters. The van der Waals surface area contributed by atoms with Gasteiger partial charge in [-0.1, -0.05) is 52.3 Å². The summed E-state index contributed by atoms with van der Waals surface area (Å²) in [5.41, 5.74) is 1.48. The summed E-state index contributed by atoms with van der Waals surface area (Å²) >= 11 is 3.20. The molecule has 0 saturated heterocycles. The molecule has 1 N–H and O–H groups in total. The fourth-order valence-electron chi connectivity index (χ4n) is 1.99. The highest BCUT2D eigenvalue weighted by molar-refractivity contribution is 9.10. The van der Waals surface area contributed by atoms with E-state index < -0.39 is 11.0 Å². The molecule has 0 saturated carbocycles. The van der Waals surface area contributed by atoms with Crippen LogP contribution in [0.3, 0.4) is 0 Å². The lowest BCUT2D eigenvalue weighted by Gasteiger charge is -2.07. The maximum absolute atomic E-state index is 11.6. The molecule has 23 heavy (non-hydrogen) atoms. The van der Waals surface area contributed by atoms with E-state index in [2.05, 4.69) is 21.2 Å². The Kier molecular flexibility index (Phi) is 6.10. The second-order valence-electron chi connectivity index (χ2n) is 4.77. The van der Waals surface area contributed by atoms with Gasteiger partial charge in [-0.15, -0.1) is 0 Å². The van der Waals surface area contributed by atoms with Gasteiger partial charge in [0, 0.05) is 22.6 Å². The first-order valence-electron chi connectivity index (χ1n) is 6.93. The number of amides is 1. The predicted molar refractivity (Wildman–Crippen MR) is 89.1 cm³/mol. The number of nitro benzene ring substituents is 1. The van der Waals surface area contributed by atoms with E-state index in [0.717, 1.165) is 5.56 Å². The van der Waals surface area contributed by atoms with Crippen LogP contribution in [0.4, 0.5) is 10.5 Å². The third-order valence-electron chi connectivity index (χ3n) is 3.12. The summed E-state index contributed by atoms with van der Waals surface area (Å²) in [5.74, 6) is 0. The normalized spacial score (nSPS) is 10.1. The van der Waals surface area contributed by atoms with Crippen molar-refractivity contribution < 1.29 is 14.5 Å². The first-order chi connectivity index (χ1) is 11.1. The van der Waals surface area contributed by atoms with Crippen LogP contribution in [0, 0.1) is 10.1 Å². The van der Waals surface area contributed by atoms with Gasteiger partial charge >= 0.3 is 6.09 Å². The molecule has 0 aliphatic carbocycles. The van der Waals surface area contributed by atoms with E-state index in [9.17, 15) is 14.9 Å². The van der Waals surface area contributed by atoms with Crippen LogP contribution in [0.15, 0.2) is 53.0 Å². The molecule has 0 aliphatic rings. The van der Waals surface area contributed by atoms with Crippen LogP contribution < -0.4 is 5.32 Å². The first-order valence-corrected chi connectivity index (χ1v) is 7.73. The molecule has 0 heterocycles. The second kappa shape index (κ2) is 8.28. The summed E-state index contributed by atoms with van der Waals surface area (Å²) in [5, 5.41) is 13.6. The third kappa shape index (κ3) is 5.37. The number of halogens is 1. The summed E-state index contributed by atoms with van der Waals surface area (Å²) in [6, 6.07) is 14.2. The van der Waals surface area contributed by atoms with Crippen molar-refractivity contribution in [2.75, 3.05) is 6.54 Å². The number of hydrogen-bond acceptors (Lipinski definition) is 4. The van der Waals surface area contributed by atoms with E-state index in [-0.39, 0.29) is 18.8 Å². The fraction of sp³-hybridized carbons (Fsp3) is 0.188. The lowest BCUT2D eigenvalue weighted by Crippen LogP contribution is -2.26. The average Bonchev–Trinajstić information content (AvgIpc) is 2.55. The first kappa shape index (κ1) is 17.0. The standard InChI is InChI=1S/C16H15BrN2O4/c17-14-7-6-13(15(10-14)19(21)22)8-9-18-16(20)23-11-12-4-2-1-3-5-12/h1-7,10H,8-9,11H2,(H,18,20). The van der Waals surface area contributed by atoms with Crippen molar-refractivity contribution in [1.29, 1.82) is 0 Å². The zero-order valence-electron chi connectivity index (χ0n) is 12.2. The molecule has 120 valence electrons. The number of nitrogens with one attached hydrogen (secondary N) is 1. The Morgan fingerprint density at radius 2 is 1.96 bits per heavy atom. The molecule has 6 nitrogen and oxygen atoms in total. The van der Waals surface area contributed by atoms with Gasteiger partial charge in [0.25, 0.3) is 5.69 Å². The van der Waals surface area contributed by atoms with E-state index in [1.165, 1.54) is 6.07 Å². The summed E-state index contributed by atoms with van der Waals surface area (Å²) < 4.78 is 5.71. The quantitative estimate of drug-likeness (QED) is 0.611. The largest absolute Gasteiger partial charge is 0.445 e. The number of nitrogens with zero attached hydrogens (tertiary/aromatic N) is 1. The summed E-state index contributed by atoms with van der Waals surface area (Å²) in [6.45, 7) is 0.446. The number of carbonyl (C=O) groups excluding carboxylic acids is 1. The molecule has 0 radical (unpaired) electrons. The second-order valence-corrected chi connectivity index (χ2v) is 5.68. The Morgan fingerprint density at radius 1 is 1.22 bits per heavy atom.